The summed E-state index contributed by atoms with van der Waals surface area (Å²) < 4.78 is 26.4. The lowest BCUT2D eigenvalue weighted by atomic mass is 10.1. The molecular weight excluding hydrogens is 486 g/mol. The molecule has 2 aromatic carbocycles. The van der Waals surface area contributed by atoms with Crippen LogP contribution < -0.4 is 9.62 Å². The maximum atomic E-state index is 13.5. The van der Waals surface area contributed by atoms with Gasteiger partial charge in [-0.15, -0.1) is 0 Å². The summed E-state index contributed by atoms with van der Waals surface area (Å²) in [5, 5.41) is 3.02. The van der Waals surface area contributed by atoms with Gasteiger partial charge in [0.05, 0.1) is 11.9 Å². The average molecular weight is 530 g/mol. The van der Waals surface area contributed by atoms with Crippen molar-refractivity contribution in [1.82, 2.24) is 10.2 Å². The van der Waals surface area contributed by atoms with E-state index in [1.807, 2.05) is 71.0 Å². The molecule has 0 bridgehead atoms. The van der Waals surface area contributed by atoms with Crippen molar-refractivity contribution in [3.05, 3.63) is 65.2 Å². The van der Waals surface area contributed by atoms with E-state index < -0.39 is 16.1 Å². The van der Waals surface area contributed by atoms with E-state index in [4.69, 9.17) is 0 Å². The molecule has 7 nitrogen and oxygen atoms in total. The third-order valence-electron chi connectivity index (χ3n) is 6.61. The Morgan fingerprint density at radius 2 is 1.65 bits per heavy atom. The Bertz CT molecular complexity index is 1130. The number of rotatable bonds is 14. The molecule has 2 atom stereocenters. The van der Waals surface area contributed by atoms with E-state index in [9.17, 15) is 18.0 Å². The molecule has 2 amide bonds. The molecule has 0 spiro atoms. The van der Waals surface area contributed by atoms with Crippen molar-refractivity contribution in [2.75, 3.05) is 17.1 Å². The number of hydrogen-bond acceptors (Lipinski definition) is 4. The van der Waals surface area contributed by atoms with Crippen LogP contribution in [0.4, 0.5) is 5.69 Å². The van der Waals surface area contributed by atoms with Crippen LogP contribution in [0.2, 0.25) is 0 Å². The average Bonchev–Trinajstić information content (AvgIpc) is 2.85. The van der Waals surface area contributed by atoms with Gasteiger partial charge >= 0.3 is 0 Å². The molecule has 0 fully saturated rings. The van der Waals surface area contributed by atoms with E-state index in [1.54, 1.807) is 17.0 Å². The number of carbonyl (C=O) groups is 2. The van der Waals surface area contributed by atoms with E-state index in [1.165, 1.54) is 10.6 Å². The van der Waals surface area contributed by atoms with Crippen molar-refractivity contribution in [3.63, 3.8) is 0 Å². The Hall–Kier alpha value is -2.87. The molecule has 8 heteroatoms. The molecular formula is C29H43N3O4S. The molecule has 0 saturated carbocycles. The maximum Gasteiger partial charge on any atom is 0.243 e. The minimum atomic E-state index is -3.52. The highest BCUT2D eigenvalue weighted by atomic mass is 32.2. The van der Waals surface area contributed by atoms with Crippen LogP contribution in [0.3, 0.4) is 0 Å². The molecule has 0 aromatic heterocycles. The van der Waals surface area contributed by atoms with Crippen LogP contribution in [-0.4, -0.2) is 50.0 Å². The lowest BCUT2D eigenvalue weighted by molar-refractivity contribution is -0.141. The summed E-state index contributed by atoms with van der Waals surface area (Å²) in [5.74, 6) is -0.325. The quantitative estimate of drug-likeness (QED) is 0.380. The zero-order valence-corrected chi connectivity index (χ0v) is 24.0. The molecule has 1 N–H and O–H groups in total. The summed E-state index contributed by atoms with van der Waals surface area (Å²) in [7, 11) is -3.52. The van der Waals surface area contributed by atoms with Crippen LogP contribution in [-0.2, 0) is 32.6 Å². The highest BCUT2D eigenvalue weighted by molar-refractivity contribution is 7.92. The zero-order chi connectivity index (χ0) is 27.6. The van der Waals surface area contributed by atoms with E-state index in [0.29, 0.717) is 25.1 Å². The monoisotopic (exact) mass is 529 g/mol. The number of carbonyl (C=O) groups excluding carboxylic acids is 2. The summed E-state index contributed by atoms with van der Waals surface area (Å²) in [6.45, 7) is 10.4. The SMILES string of the molecule is CCc1ccc(N(CCCC(=O)N(Cc2cccc(C)c2)[C@@H](CC)C(=O)N[C@@H](C)CC)S(C)(=O)=O)cc1. The van der Waals surface area contributed by atoms with Gasteiger partial charge in [-0.2, -0.15) is 0 Å². The van der Waals surface area contributed by atoms with Gasteiger partial charge < -0.3 is 10.2 Å². The van der Waals surface area contributed by atoms with E-state index in [-0.39, 0.29) is 30.8 Å². The van der Waals surface area contributed by atoms with Crippen molar-refractivity contribution in [3.8, 4) is 0 Å². The molecule has 0 aliphatic heterocycles. The predicted molar refractivity (Wildman–Crippen MR) is 151 cm³/mol. The fourth-order valence-corrected chi connectivity index (χ4v) is 5.24. The predicted octanol–water partition coefficient (Wildman–Crippen LogP) is 4.83. The van der Waals surface area contributed by atoms with Crippen molar-refractivity contribution < 1.29 is 18.0 Å². The van der Waals surface area contributed by atoms with E-state index in [0.717, 1.165) is 29.5 Å². The standard InChI is InChI=1S/C29H43N3O4S/c1-7-23(5)30-29(34)27(9-3)31(21-25-13-10-12-22(4)20-25)28(33)14-11-19-32(37(6,35)36)26-17-15-24(8-2)16-18-26/h10,12-13,15-18,20,23,27H,7-9,11,14,19,21H2,1-6H3,(H,30,34)/t23-,27-/m0/s1. The third kappa shape index (κ3) is 9.18. The van der Waals surface area contributed by atoms with Crippen molar-refractivity contribution in [2.45, 2.75) is 85.4 Å². The summed E-state index contributed by atoms with van der Waals surface area (Å²) in [6.07, 6.45) is 3.81. The molecule has 0 radical (unpaired) electrons. The molecule has 0 aliphatic carbocycles. The molecule has 204 valence electrons. The largest absolute Gasteiger partial charge is 0.352 e. The van der Waals surface area contributed by atoms with Gasteiger partial charge in [0.2, 0.25) is 21.8 Å². The molecule has 0 saturated heterocycles. The lowest BCUT2D eigenvalue weighted by Crippen LogP contribution is -2.50. The number of amides is 2. The second-order valence-corrected chi connectivity index (χ2v) is 11.6. The number of hydrogen-bond donors (Lipinski definition) is 1. The van der Waals surface area contributed by atoms with Crippen molar-refractivity contribution in [1.29, 1.82) is 0 Å². The molecule has 2 rings (SSSR count). The number of aryl methyl sites for hydroxylation is 2. The minimum Gasteiger partial charge on any atom is -0.352 e. The van der Waals surface area contributed by atoms with E-state index >= 15 is 0 Å². The molecule has 37 heavy (non-hydrogen) atoms. The summed E-state index contributed by atoms with van der Waals surface area (Å²) in [5.41, 5.74) is 3.75. The summed E-state index contributed by atoms with van der Waals surface area (Å²) in [6, 6.07) is 14.8. The second-order valence-electron chi connectivity index (χ2n) is 9.71. The number of anilines is 1. The number of benzene rings is 2. The summed E-state index contributed by atoms with van der Waals surface area (Å²) >= 11 is 0. The van der Waals surface area contributed by atoms with Crippen LogP contribution in [0, 0.1) is 6.92 Å². The van der Waals surface area contributed by atoms with Crippen LogP contribution >= 0.6 is 0 Å². The highest BCUT2D eigenvalue weighted by Crippen LogP contribution is 2.21. The molecule has 0 heterocycles. The Kier molecular flexibility index (Phi) is 11.6. The second kappa shape index (κ2) is 14.2. The number of nitrogens with zero attached hydrogens (tertiary/aromatic N) is 2. The van der Waals surface area contributed by atoms with Crippen molar-refractivity contribution in [2.24, 2.45) is 0 Å². The topological polar surface area (TPSA) is 86.8 Å². The smallest absolute Gasteiger partial charge is 0.243 e. The van der Waals surface area contributed by atoms with Gasteiger partial charge in [-0.3, -0.25) is 13.9 Å². The van der Waals surface area contributed by atoms with Crippen LogP contribution in [0.25, 0.3) is 0 Å². The fraction of sp³-hybridized carbons (Fsp3) is 0.517. The fourth-order valence-electron chi connectivity index (χ4n) is 4.27. The number of nitrogens with one attached hydrogen (secondary N) is 1. The van der Waals surface area contributed by atoms with Crippen LogP contribution in [0.1, 0.15) is 70.1 Å². The molecule has 2 aromatic rings. The maximum absolute atomic E-state index is 13.5. The highest BCUT2D eigenvalue weighted by Gasteiger charge is 2.29. The first kappa shape index (κ1) is 30.4. The first-order valence-corrected chi connectivity index (χ1v) is 15.1. The Morgan fingerprint density at radius 1 is 0.973 bits per heavy atom. The van der Waals surface area contributed by atoms with Gasteiger partial charge in [-0.05, 0) is 62.8 Å². The zero-order valence-electron chi connectivity index (χ0n) is 23.2. The lowest BCUT2D eigenvalue weighted by Gasteiger charge is -2.32. The van der Waals surface area contributed by atoms with Crippen LogP contribution in [0.5, 0.6) is 0 Å². The normalized spacial score (nSPS) is 13.0. The van der Waals surface area contributed by atoms with Crippen molar-refractivity contribution >= 4 is 27.5 Å². The van der Waals surface area contributed by atoms with Gasteiger partial charge in [0, 0.05) is 25.6 Å². The third-order valence-corrected chi connectivity index (χ3v) is 7.80. The van der Waals surface area contributed by atoms with Gasteiger partial charge in [0.15, 0.2) is 0 Å². The van der Waals surface area contributed by atoms with Gasteiger partial charge in [-0.25, -0.2) is 8.42 Å². The first-order chi connectivity index (χ1) is 17.5. The van der Waals surface area contributed by atoms with Crippen LogP contribution in [0.15, 0.2) is 48.5 Å². The summed E-state index contributed by atoms with van der Waals surface area (Å²) in [4.78, 5) is 28.3. The Balaban J connectivity index is 2.22. The van der Waals surface area contributed by atoms with E-state index in [2.05, 4.69) is 5.32 Å². The Labute approximate surface area is 223 Å². The van der Waals surface area contributed by atoms with Gasteiger partial charge in [0.1, 0.15) is 6.04 Å². The first-order valence-electron chi connectivity index (χ1n) is 13.2. The number of sulfonamides is 1. The Morgan fingerprint density at radius 3 is 2.19 bits per heavy atom. The van der Waals surface area contributed by atoms with Gasteiger partial charge in [0.25, 0.3) is 0 Å². The molecule has 0 aliphatic rings. The molecule has 0 unspecified atom stereocenters. The van der Waals surface area contributed by atoms with Gasteiger partial charge in [-0.1, -0.05) is 62.7 Å². The minimum absolute atomic E-state index is 0.0138.